The van der Waals surface area contributed by atoms with Crippen LogP contribution in [0.1, 0.15) is 33.6 Å². The van der Waals surface area contributed by atoms with E-state index in [9.17, 15) is 19.2 Å². The molecule has 1 saturated heterocycles. The molecule has 4 amide bonds. The van der Waals surface area contributed by atoms with Crippen molar-refractivity contribution in [2.24, 2.45) is 0 Å². The Hall–Kier alpha value is -3.88. The molecule has 0 spiro atoms. The van der Waals surface area contributed by atoms with Gasteiger partial charge in [-0.3, -0.25) is 24.1 Å². The molecule has 176 valence electrons. The van der Waals surface area contributed by atoms with Crippen LogP contribution >= 0.6 is 0 Å². The Morgan fingerprint density at radius 3 is 2.09 bits per heavy atom. The molecule has 0 aliphatic carbocycles. The summed E-state index contributed by atoms with van der Waals surface area (Å²) in [5.74, 6) is 0.373. The van der Waals surface area contributed by atoms with E-state index in [4.69, 9.17) is 9.47 Å². The monoisotopic (exact) mass is 463 g/mol. The number of carbonyl (C=O) groups excluding carboxylic acids is 4. The Morgan fingerprint density at radius 2 is 1.41 bits per heavy atom. The first-order chi connectivity index (χ1) is 16.5. The smallest absolute Gasteiger partial charge is 0.267 e. The Morgan fingerprint density at radius 1 is 0.824 bits per heavy atom. The number of nitrogens with zero attached hydrogens (tertiary/aromatic N) is 3. The molecule has 0 bridgehead atoms. The summed E-state index contributed by atoms with van der Waals surface area (Å²) >= 11 is 0. The number of para-hydroxylation sites is 2. The maximum Gasteiger partial charge on any atom is 0.267 e. The fourth-order valence-electron chi connectivity index (χ4n) is 4.51. The first-order valence-corrected chi connectivity index (χ1v) is 11.4. The van der Waals surface area contributed by atoms with Crippen LogP contribution in [-0.2, 0) is 9.59 Å². The molecule has 3 heterocycles. The highest BCUT2D eigenvalue weighted by atomic mass is 16.6. The van der Waals surface area contributed by atoms with Crippen LogP contribution in [0.2, 0.25) is 0 Å². The van der Waals surface area contributed by atoms with Gasteiger partial charge in [0.25, 0.3) is 17.7 Å². The Labute approximate surface area is 196 Å². The maximum atomic E-state index is 12.9. The summed E-state index contributed by atoms with van der Waals surface area (Å²) in [5.41, 5.74) is 0.825. The lowest BCUT2D eigenvalue weighted by Gasteiger charge is -2.37. The van der Waals surface area contributed by atoms with Gasteiger partial charge in [0, 0.05) is 39.1 Å². The minimum atomic E-state index is -0.697. The molecule has 3 aliphatic rings. The molecule has 1 atom stereocenters. The average molecular weight is 463 g/mol. The number of hydrogen-bond acceptors (Lipinski definition) is 6. The Kier molecular flexibility index (Phi) is 5.91. The predicted octanol–water partition coefficient (Wildman–Crippen LogP) is 1.57. The van der Waals surface area contributed by atoms with Crippen LogP contribution in [0.25, 0.3) is 0 Å². The Bertz CT molecular complexity index is 1110. The van der Waals surface area contributed by atoms with Crippen molar-refractivity contribution in [3.05, 3.63) is 59.7 Å². The summed E-state index contributed by atoms with van der Waals surface area (Å²) in [5, 5.41) is 0. The molecule has 3 aliphatic heterocycles. The molecule has 0 unspecified atom stereocenters. The largest absolute Gasteiger partial charge is 0.485 e. The van der Waals surface area contributed by atoms with Gasteiger partial charge in [-0.15, -0.1) is 0 Å². The third-order valence-electron chi connectivity index (χ3n) is 6.38. The molecule has 0 radical (unpaired) electrons. The molecule has 0 saturated carbocycles. The minimum absolute atomic E-state index is 0.0464. The third kappa shape index (κ3) is 4.09. The first-order valence-electron chi connectivity index (χ1n) is 11.4. The van der Waals surface area contributed by atoms with Crippen LogP contribution in [0.4, 0.5) is 0 Å². The number of benzene rings is 2. The van der Waals surface area contributed by atoms with Crippen molar-refractivity contribution in [2.75, 3.05) is 39.3 Å². The van der Waals surface area contributed by atoms with Crippen molar-refractivity contribution in [1.29, 1.82) is 0 Å². The van der Waals surface area contributed by atoms with Gasteiger partial charge >= 0.3 is 0 Å². The molecule has 2 aromatic rings. The molecule has 34 heavy (non-hydrogen) atoms. The number of imide groups is 1. The van der Waals surface area contributed by atoms with Crippen molar-refractivity contribution in [2.45, 2.75) is 18.9 Å². The van der Waals surface area contributed by atoms with Crippen LogP contribution in [-0.4, -0.2) is 83.8 Å². The van der Waals surface area contributed by atoms with E-state index in [1.54, 1.807) is 46.2 Å². The number of amides is 4. The highest BCUT2D eigenvalue weighted by molar-refractivity contribution is 6.21. The number of ether oxygens (including phenoxy) is 2. The summed E-state index contributed by atoms with van der Waals surface area (Å²) in [6, 6.07) is 14.0. The molecule has 2 aromatic carbocycles. The van der Waals surface area contributed by atoms with E-state index in [0.717, 1.165) is 0 Å². The van der Waals surface area contributed by atoms with E-state index >= 15 is 0 Å². The van der Waals surface area contributed by atoms with Crippen molar-refractivity contribution in [3.8, 4) is 11.5 Å². The minimum Gasteiger partial charge on any atom is -0.485 e. The number of piperazine rings is 1. The fourth-order valence-corrected chi connectivity index (χ4v) is 4.51. The van der Waals surface area contributed by atoms with Gasteiger partial charge in [-0.2, -0.15) is 0 Å². The maximum absolute atomic E-state index is 12.9. The van der Waals surface area contributed by atoms with E-state index in [2.05, 4.69) is 0 Å². The molecule has 9 heteroatoms. The second-order valence-electron chi connectivity index (χ2n) is 8.48. The number of carbonyl (C=O) groups is 4. The molecule has 1 fully saturated rings. The van der Waals surface area contributed by atoms with Crippen LogP contribution in [0, 0.1) is 0 Å². The molecular weight excluding hydrogens is 438 g/mol. The van der Waals surface area contributed by atoms with E-state index in [1.165, 1.54) is 4.90 Å². The van der Waals surface area contributed by atoms with Gasteiger partial charge in [-0.25, -0.2) is 0 Å². The van der Waals surface area contributed by atoms with E-state index < -0.39 is 6.10 Å². The SMILES string of the molecule is O=C(CCCN1C(=O)c2ccccc2C1=O)N1CCN(C(=O)[C@H]2COc3ccccc3O2)CC1. The molecule has 0 aromatic heterocycles. The summed E-state index contributed by atoms with van der Waals surface area (Å²) in [4.78, 5) is 55.0. The van der Waals surface area contributed by atoms with Crippen molar-refractivity contribution < 1.29 is 28.7 Å². The summed E-state index contributed by atoms with van der Waals surface area (Å²) in [6.07, 6.45) is -0.0646. The van der Waals surface area contributed by atoms with Gasteiger partial charge in [0.2, 0.25) is 12.0 Å². The first kappa shape index (κ1) is 21.9. The highest BCUT2D eigenvalue weighted by Crippen LogP contribution is 2.31. The number of rotatable bonds is 5. The second kappa shape index (κ2) is 9.17. The average Bonchev–Trinajstić information content (AvgIpc) is 3.13. The van der Waals surface area contributed by atoms with Gasteiger partial charge in [-0.05, 0) is 30.7 Å². The van der Waals surface area contributed by atoms with Crippen molar-refractivity contribution >= 4 is 23.6 Å². The molecule has 9 nitrogen and oxygen atoms in total. The van der Waals surface area contributed by atoms with E-state index in [-0.39, 0.29) is 43.2 Å². The number of hydrogen-bond donors (Lipinski definition) is 0. The van der Waals surface area contributed by atoms with Gasteiger partial charge in [-0.1, -0.05) is 24.3 Å². The molecule has 5 rings (SSSR count). The zero-order valence-electron chi connectivity index (χ0n) is 18.6. The topological polar surface area (TPSA) is 96.5 Å². The standard InChI is InChI=1S/C25H25N3O6/c29-22(10-5-11-28-23(30)17-6-1-2-7-18(17)24(28)31)26-12-14-27(15-13-26)25(32)21-16-33-19-8-3-4-9-20(19)34-21/h1-4,6-9,21H,5,10-16H2/t21-/m1/s1. The molecule has 0 N–H and O–H groups in total. The lowest BCUT2D eigenvalue weighted by atomic mass is 10.1. The fraction of sp³-hybridized carbons (Fsp3) is 0.360. The normalized spacial score (nSPS) is 19.3. The summed E-state index contributed by atoms with van der Waals surface area (Å²) < 4.78 is 11.4. The van der Waals surface area contributed by atoms with Gasteiger partial charge in [0.15, 0.2) is 11.5 Å². The van der Waals surface area contributed by atoms with Crippen LogP contribution in [0.5, 0.6) is 11.5 Å². The van der Waals surface area contributed by atoms with Crippen LogP contribution < -0.4 is 9.47 Å². The highest BCUT2D eigenvalue weighted by Gasteiger charge is 2.35. The van der Waals surface area contributed by atoms with Crippen LogP contribution in [0.3, 0.4) is 0 Å². The predicted molar refractivity (Wildman–Crippen MR) is 121 cm³/mol. The Balaban J connectivity index is 1.07. The van der Waals surface area contributed by atoms with E-state index in [1.807, 2.05) is 12.1 Å². The second-order valence-corrected chi connectivity index (χ2v) is 8.48. The van der Waals surface area contributed by atoms with E-state index in [0.29, 0.717) is 55.2 Å². The van der Waals surface area contributed by atoms with Crippen molar-refractivity contribution in [3.63, 3.8) is 0 Å². The zero-order chi connectivity index (χ0) is 23.7. The van der Waals surface area contributed by atoms with Crippen molar-refractivity contribution in [1.82, 2.24) is 14.7 Å². The van der Waals surface area contributed by atoms with Gasteiger partial charge in [0.1, 0.15) is 6.61 Å². The van der Waals surface area contributed by atoms with Crippen LogP contribution in [0.15, 0.2) is 48.5 Å². The lowest BCUT2D eigenvalue weighted by Crippen LogP contribution is -2.55. The zero-order valence-corrected chi connectivity index (χ0v) is 18.6. The number of fused-ring (bicyclic) bond motifs is 2. The van der Waals surface area contributed by atoms with Gasteiger partial charge < -0.3 is 19.3 Å². The third-order valence-corrected chi connectivity index (χ3v) is 6.38. The quantitative estimate of drug-likeness (QED) is 0.625. The summed E-state index contributed by atoms with van der Waals surface area (Å²) in [6.45, 7) is 2.07. The summed E-state index contributed by atoms with van der Waals surface area (Å²) in [7, 11) is 0. The van der Waals surface area contributed by atoms with Gasteiger partial charge in [0.05, 0.1) is 11.1 Å². The lowest BCUT2D eigenvalue weighted by molar-refractivity contribution is -0.146. The molecular formula is C25H25N3O6.